The fourth-order valence-corrected chi connectivity index (χ4v) is 6.41. The molecule has 6 nitrogen and oxygen atoms in total. The molecule has 0 aromatic carbocycles. The molecule has 0 bridgehead atoms. The molecule has 30 heavy (non-hydrogen) atoms. The molecule has 0 atom stereocenters. The minimum absolute atomic E-state index is 0.169. The van der Waals surface area contributed by atoms with Crippen LogP contribution in [0.1, 0.15) is 81.1 Å². The molecule has 0 aromatic heterocycles. The molecule has 6 N–H and O–H groups in total. The Morgan fingerprint density at radius 2 is 1.03 bits per heavy atom. The number of hydrogen-bond donors (Lipinski definition) is 5. The zero-order chi connectivity index (χ0) is 22.6. The maximum absolute atomic E-state index is 5.56. The zero-order valence-corrected chi connectivity index (χ0v) is 21.3. The van der Waals surface area contributed by atoms with E-state index in [2.05, 4.69) is 81.6 Å². The van der Waals surface area contributed by atoms with Crippen LogP contribution in [0.3, 0.4) is 0 Å². The van der Waals surface area contributed by atoms with Crippen LogP contribution in [-0.2, 0) is 0 Å². The van der Waals surface area contributed by atoms with Crippen LogP contribution in [0, 0.1) is 0 Å². The van der Waals surface area contributed by atoms with Gasteiger partial charge in [0.25, 0.3) is 0 Å². The Balaban J connectivity index is 2.10. The van der Waals surface area contributed by atoms with Gasteiger partial charge >= 0.3 is 0 Å². The highest BCUT2D eigenvalue weighted by atomic mass is 15.2. The second-order valence-corrected chi connectivity index (χ2v) is 12.4. The summed E-state index contributed by atoms with van der Waals surface area (Å²) in [5.74, 6) is 0. The van der Waals surface area contributed by atoms with Gasteiger partial charge in [-0.25, -0.2) is 0 Å². The van der Waals surface area contributed by atoms with Crippen LogP contribution < -0.4 is 27.0 Å². The molecule has 0 aromatic rings. The lowest BCUT2D eigenvalue weighted by atomic mass is 9.75. The standard InChI is InChI=1S/C24H52N6/c1-21(2)15-19(16-22(3,4)28-21)30(14-13-27-12-11-26-10-9-25)20-17-23(5,6)29-24(7,8)18-20/h19-20,26-29H,9-18,25H2,1-8H3. The highest BCUT2D eigenvalue weighted by Gasteiger charge is 2.45. The molecule has 0 amide bonds. The average molecular weight is 425 g/mol. The molecule has 6 heteroatoms. The normalized spacial score (nSPS) is 26.2. The molecule has 2 heterocycles. The predicted molar refractivity (Wildman–Crippen MR) is 130 cm³/mol. The van der Waals surface area contributed by atoms with Crippen molar-refractivity contribution in [2.24, 2.45) is 5.73 Å². The van der Waals surface area contributed by atoms with Crippen molar-refractivity contribution in [1.29, 1.82) is 0 Å². The number of hydrogen-bond acceptors (Lipinski definition) is 6. The van der Waals surface area contributed by atoms with Crippen molar-refractivity contribution in [2.75, 3.05) is 39.3 Å². The Hall–Kier alpha value is -0.240. The molecule has 2 rings (SSSR count). The van der Waals surface area contributed by atoms with E-state index in [1.54, 1.807) is 0 Å². The molecular weight excluding hydrogens is 372 g/mol. The van der Waals surface area contributed by atoms with Gasteiger partial charge in [-0.05, 0) is 81.1 Å². The molecule has 0 unspecified atom stereocenters. The largest absolute Gasteiger partial charge is 0.329 e. The molecule has 0 saturated carbocycles. The average Bonchev–Trinajstić information content (AvgIpc) is 2.51. The third kappa shape index (κ3) is 8.36. The van der Waals surface area contributed by atoms with Gasteiger partial charge in [-0.3, -0.25) is 4.90 Å². The van der Waals surface area contributed by atoms with Crippen LogP contribution in [0.5, 0.6) is 0 Å². The minimum Gasteiger partial charge on any atom is -0.329 e. The van der Waals surface area contributed by atoms with Crippen molar-refractivity contribution in [3.8, 4) is 0 Å². The van der Waals surface area contributed by atoms with Crippen molar-refractivity contribution >= 4 is 0 Å². The van der Waals surface area contributed by atoms with E-state index >= 15 is 0 Å². The summed E-state index contributed by atoms with van der Waals surface area (Å²) in [4.78, 5) is 2.87. The Morgan fingerprint density at radius 3 is 1.40 bits per heavy atom. The van der Waals surface area contributed by atoms with E-state index in [1.807, 2.05) is 0 Å². The van der Waals surface area contributed by atoms with Crippen molar-refractivity contribution in [2.45, 2.75) is 115 Å². The number of nitrogens with zero attached hydrogens (tertiary/aromatic N) is 1. The molecule has 2 fully saturated rings. The summed E-state index contributed by atoms with van der Waals surface area (Å²) in [6, 6.07) is 1.23. The van der Waals surface area contributed by atoms with Gasteiger partial charge in [0.1, 0.15) is 0 Å². The lowest BCUT2D eigenvalue weighted by Crippen LogP contribution is -2.67. The van der Waals surface area contributed by atoms with E-state index in [0.29, 0.717) is 18.6 Å². The van der Waals surface area contributed by atoms with Gasteiger partial charge in [0.15, 0.2) is 0 Å². The van der Waals surface area contributed by atoms with Crippen LogP contribution in [0.2, 0.25) is 0 Å². The van der Waals surface area contributed by atoms with Crippen LogP contribution in [0.25, 0.3) is 0 Å². The number of piperidine rings is 2. The van der Waals surface area contributed by atoms with Crippen molar-refractivity contribution < 1.29 is 0 Å². The second-order valence-electron chi connectivity index (χ2n) is 12.4. The molecular formula is C24H52N6. The van der Waals surface area contributed by atoms with Gasteiger partial charge in [-0.2, -0.15) is 0 Å². The fourth-order valence-electron chi connectivity index (χ4n) is 6.41. The monoisotopic (exact) mass is 424 g/mol. The van der Waals surface area contributed by atoms with Crippen molar-refractivity contribution in [1.82, 2.24) is 26.2 Å². The Morgan fingerprint density at radius 1 is 0.667 bits per heavy atom. The van der Waals surface area contributed by atoms with Gasteiger partial charge in [-0.15, -0.1) is 0 Å². The third-order valence-electron chi connectivity index (χ3n) is 6.62. The van der Waals surface area contributed by atoms with Gasteiger partial charge in [0, 0.05) is 73.5 Å². The molecule has 2 aliphatic rings. The first kappa shape index (κ1) is 26.0. The molecule has 2 saturated heterocycles. The van der Waals surface area contributed by atoms with Gasteiger partial charge in [-0.1, -0.05) is 0 Å². The smallest absolute Gasteiger partial charge is 0.0145 e. The van der Waals surface area contributed by atoms with Crippen LogP contribution in [0.15, 0.2) is 0 Å². The van der Waals surface area contributed by atoms with E-state index < -0.39 is 0 Å². The molecule has 178 valence electrons. The molecule has 2 aliphatic heterocycles. The van der Waals surface area contributed by atoms with Gasteiger partial charge in [0.2, 0.25) is 0 Å². The summed E-state index contributed by atoms with van der Waals surface area (Å²) in [6.07, 6.45) is 4.83. The lowest BCUT2D eigenvalue weighted by molar-refractivity contribution is -0.00129. The Kier molecular flexibility index (Phi) is 8.79. The summed E-state index contributed by atoms with van der Waals surface area (Å²) in [6.45, 7) is 24.7. The van der Waals surface area contributed by atoms with Gasteiger partial charge < -0.3 is 27.0 Å². The summed E-state index contributed by atoms with van der Waals surface area (Å²) >= 11 is 0. The van der Waals surface area contributed by atoms with Gasteiger partial charge in [0.05, 0.1) is 0 Å². The van der Waals surface area contributed by atoms with Crippen LogP contribution in [-0.4, -0.2) is 78.4 Å². The highest BCUT2D eigenvalue weighted by Crippen LogP contribution is 2.37. The first-order valence-electron chi connectivity index (χ1n) is 12.2. The van der Waals surface area contributed by atoms with Crippen LogP contribution in [0.4, 0.5) is 0 Å². The maximum Gasteiger partial charge on any atom is 0.0145 e. The Bertz CT molecular complexity index is 458. The zero-order valence-electron chi connectivity index (χ0n) is 21.3. The van der Waals surface area contributed by atoms with E-state index in [-0.39, 0.29) is 22.2 Å². The topological polar surface area (TPSA) is 77.4 Å². The molecule has 0 aliphatic carbocycles. The van der Waals surface area contributed by atoms with E-state index in [4.69, 9.17) is 5.73 Å². The predicted octanol–water partition coefficient (Wildman–Crippen LogP) is 2.04. The highest BCUT2D eigenvalue weighted by molar-refractivity contribution is 5.05. The summed E-state index contributed by atoms with van der Waals surface area (Å²) in [5, 5.41) is 14.8. The first-order valence-corrected chi connectivity index (χ1v) is 12.2. The van der Waals surface area contributed by atoms with E-state index in [1.165, 1.54) is 25.7 Å². The maximum atomic E-state index is 5.56. The summed E-state index contributed by atoms with van der Waals surface area (Å²) in [5.41, 5.74) is 6.24. The lowest BCUT2D eigenvalue weighted by Gasteiger charge is -2.55. The minimum atomic E-state index is 0.169. The summed E-state index contributed by atoms with van der Waals surface area (Å²) in [7, 11) is 0. The summed E-state index contributed by atoms with van der Waals surface area (Å²) < 4.78 is 0. The number of nitrogens with two attached hydrogens (primary N) is 1. The number of nitrogens with one attached hydrogen (secondary N) is 4. The quantitative estimate of drug-likeness (QED) is 0.346. The second kappa shape index (κ2) is 10.1. The molecule has 0 radical (unpaired) electrons. The SMILES string of the molecule is CC1(C)CC(N(CCNCCNCCN)C2CC(C)(C)NC(C)(C)C2)CC(C)(C)N1. The van der Waals surface area contributed by atoms with Crippen LogP contribution >= 0.6 is 0 Å². The van der Waals surface area contributed by atoms with E-state index in [9.17, 15) is 0 Å². The molecule has 0 spiro atoms. The number of rotatable bonds is 10. The van der Waals surface area contributed by atoms with E-state index in [0.717, 1.165) is 32.7 Å². The first-order chi connectivity index (χ1) is 13.7. The van der Waals surface area contributed by atoms with Crippen molar-refractivity contribution in [3.05, 3.63) is 0 Å². The van der Waals surface area contributed by atoms with Crippen molar-refractivity contribution in [3.63, 3.8) is 0 Å². The third-order valence-corrected chi connectivity index (χ3v) is 6.62. The fraction of sp³-hybridized carbons (Fsp3) is 1.00. The Labute approximate surface area is 186 Å².